The van der Waals surface area contributed by atoms with Crippen molar-refractivity contribution < 1.29 is 32.3 Å². The van der Waals surface area contributed by atoms with Gasteiger partial charge in [-0.25, -0.2) is 13.2 Å². The SMILES string of the molecule is COCCCOc1ccnc(C[S+]([O-])c2nc3ccccc3n2S(=O)(=O)c2cc(C(=O)O)ccc2C)c1C.[NaH]. The molecule has 0 saturated carbocycles. The molecule has 0 fully saturated rings. The molecule has 1 N–H and O–H groups in total. The first-order valence-corrected chi connectivity index (χ1v) is 14.4. The number of imidazole rings is 1. The van der Waals surface area contributed by atoms with Crippen molar-refractivity contribution in [3.8, 4) is 5.75 Å². The van der Waals surface area contributed by atoms with Gasteiger partial charge in [0.1, 0.15) is 5.75 Å². The molecule has 2 aromatic heterocycles. The first-order valence-electron chi connectivity index (χ1n) is 11.7. The second-order valence-electron chi connectivity index (χ2n) is 8.50. The van der Waals surface area contributed by atoms with Gasteiger partial charge < -0.3 is 19.1 Å². The van der Waals surface area contributed by atoms with Crippen molar-refractivity contribution >= 4 is 67.8 Å². The molecule has 0 aliphatic carbocycles. The van der Waals surface area contributed by atoms with Crippen LogP contribution >= 0.6 is 0 Å². The van der Waals surface area contributed by atoms with Crippen LogP contribution in [0.4, 0.5) is 0 Å². The van der Waals surface area contributed by atoms with Gasteiger partial charge in [0.15, 0.2) is 5.75 Å². The predicted molar refractivity (Wildman–Crippen MR) is 149 cm³/mol. The zero-order valence-electron chi connectivity index (χ0n) is 21.1. The van der Waals surface area contributed by atoms with Crippen LogP contribution in [0.1, 0.15) is 33.6 Å². The molecule has 2 heterocycles. The average molecular weight is 582 g/mol. The maximum absolute atomic E-state index is 13.9. The zero-order valence-corrected chi connectivity index (χ0v) is 22.7. The predicted octanol–water partition coefficient (Wildman–Crippen LogP) is 3.06. The van der Waals surface area contributed by atoms with E-state index in [9.17, 15) is 22.9 Å². The van der Waals surface area contributed by atoms with Gasteiger partial charge in [-0.2, -0.15) is 8.96 Å². The maximum atomic E-state index is 13.9. The monoisotopic (exact) mass is 581 g/mol. The molecular formula is C26H28N3NaO7S2. The number of fused-ring (bicyclic) bond motifs is 1. The third kappa shape index (κ3) is 6.65. The van der Waals surface area contributed by atoms with Gasteiger partial charge in [-0.05, 0) is 49.7 Å². The van der Waals surface area contributed by atoms with E-state index in [1.165, 1.54) is 12.1 Å². The van der Waals surface area contributed by atoms with Crippen LogP contribution in [0.25, 0.3) is 11.0 Å². The van der Waals surface area contributed by atoms with Crippen molar-refractivity contribution in [2.24, 2.45) is 0 Å². The normalized spacial score (nSPS) is 12.2. The van der Waals surface area contributed by atoms with Crippen molar-refractivity contribution in [2.75, 3.05) is 20.3 Å². The van der Waals surface area contributed by atoms with Crippen LogP contribution in [0.2, 0.25) is 0 Å². The zero-order chi connectivity index (χ0) is 27.4. The number of rotatable bonds is 11. The van der Waals surface area contributed by atoms with Crippen LogP contribution in [0.3, 0.4) is 0 Å². The molecule has 39 heavy (non-hydrogen) atoms. The number of hydrogen-bond donors (Lipinski definition) is 1. The molecule has 0 aliphatic heterocycles. The Morgan fingerprint density at radius 3 is 2.59 bits per heavy atom. The van der Waals surface area contributed by atoms with Crippen molar-refractivity contribution in [1.82, 2.24) is 13.9 Å². The number of carboxylic acid groups (broad SMARTS) is 1. The van der Waals surface area contributed by atoms with Gasteiger partial charge in [0, 0.05) is 43.1 Å². The molecule has 0 aliphatic rings. The van der Waals surface area contributed by atoms with Gasteiger partial charge in [-0.1, -0.05) is 18.2 Å². The number of aryl methyl sites for hydroxylation is 1. The van der Waals surface area contributed by atoms with Crippen LogP contribution in [-0.4, -0.2) is 87.9 Å². The Kier molecular flexibility index (Phi) is 10.6. The Morgan fingerprint density at radius 2 is 1.87 bits per heavy atom. The van der Waals surface area contributed by atoms with Crippen LogP contribution in [-0.2, 0) is 31.7 Å². The number of carboxylic acids is 1. The number of para-hydroxylation sites is 2. The average Bonchev–Trinajstić information content (AvgIpc) is 3.29. The van der Waals surface area contributed by atoms with E-state index in [0.29, 0.717) is 47.7 Å². The van der Waals surface area contributed by atoms with Crippen molar-refractivity contribution in [2.45, 2.75) is 36.1 Å². The topological polar surface area (TPSA) is 144 Å². The number of ether oxygens (including phenoxy) is 2. The van der Waals surface area contributed by atoms with E-state index in [1.807, 2.05) is 0 Å². The van der Waals surface area contributed by atoms with Crippen LogP contribution in [0, 0.1) is 13.8 Å². The Labute approximate surface area is 251 Å². The van der Waals surface area contributed by atoms with Gasteiger partial charge in [0.2, 0.25) is 0 Å². The summed E-state index contributed by atoms with van der Waals surface area (Å²) in [7, 11) is -2.76. The molecule has 2 aromatic carbocycles. The fourth-order valence-corrected chi connectivity index (χ4v) is 7.20. The summed E-state index contributed by atoms with van der Waals surface area (Å²) in [5.41, 5.74) is 1.91. The second kappa shape index (κ2) is 13.3. The number of benzene rings is 2. The summed E-state index contributed by atoms with van der Waals surface area (Å²) in [6.45, 7) is 4.36. The van der Waals surface area contributed by atoms with Crippen molar-refractivity contribution in [3.05, 3.63) is 77.1 Å². The van der Waals surface area contributed by atoms with Gasteiger partial charge in [-0.3, -0.25) is 4.98 Å². The van der Waals surface area contributed by atoms with E-state index in [-0.39, 0.29) is 56.4 Å². The molecule has 4 aromatic rings. The molecule has 0 amide bonds. The summed E-state index contributed by atoms with van der Waals surface area (Å²) >= 11 is -1.93. The van der Waals surface area contributed by atoms with E-state index >= 15 is 0 Å². The van der Waals surface area contributed by atoms with E-state index in [1.54, 1.807) is 57.5 Å². The molecule has 4 rings (SSSR count). The Balaban J connectivity index is 0.00000420. The van der Waals surface area contributed by atoms with E-state index < -0.39 is 27.2 Å². The van der Waals surface area contributed by atoms with Crippen molar-refractivity contribution in [3.63, 3.8) is 0 Å². The third-order valence-corrected chi connectivity index (χ3v) is 9.10. The summed E-state index contributed by atoms with van der Waals surface area (Å²) < 4.78 is 53.3. The fourth-order valence-electron chi connectivity index (χ4n) is 3.90. The Bertz CT molecular complexity index is 1590. The minimum atomic E-state index is -4.37. The number of aromatic nitrogens is 3. The summed E-state index contributed by atoms with van der Waals surface area (Å²) in [5, 5.41) is 9.24. The number of methoxy groups -OCH3 is 1. The summed E-state index contributed by atoms with van der Waals surface area (Å²) in [6, 6.07) is 12.1. The number of nitrogens with zero attached hydrogens (tertiary/aromatic N) is 3. The molecule has 0 saturated heterocycles. The number of hydrogen-bond acceptors (Lipinski definition) is 8. The van der Waals surface area contributed by atoms with E-state index in [0.717, 1.165) is 10.0 Å². The van der Waals surface area contributed by atoms with Crippen LogP contribution < -0.4 is 4.74 Å². The molecule has 202 valence electrons. The second-order valence-corrected chi connectivity index (χ2v) is 11.6. The molecule has 1 unspecified atom stereocenters. The molecular weight excluding hydrogens is 553 g/mol. The number of carbonyl (C=O) groups is 1. The molecule has 13 heteroatoms. The Hall–Kier alpha value is -2.45. The molecule has 10 nitrogen and oxygen atoms in total. The van der Waals surface area contributed by atoms with Gasteiger partial charge in [0.05, 0.1) is 33.8 Å². The van der Waals surface area contributed by atoms with Crippen molar-refractivity contribution in [1.29, 1.82) is 0 Å². The Morgan fingerprint density at radius 1 is 1.13 bits per heavy atom. The van der Waals surface area contributed by atoms with E-state index in [2.05, 4.69) is 9.97 Å². The first kappa shape index (κ1) is 31.1. The van der Waals surface area contributed by atoms with Gasteiger partial charge >= 0.3 is 40.7 Å². The van der Waals surface area contributed by atoms with Crippen LogP contribution in [0.15, 0.2) is 64.8 Å². The summed E-state index contributed by atoms with van der Waals surface area (Å²) in [6.07, 6.45) is 2.25. The van der Waals surface area contributed by atoms with E-state index in [4.69, 9.17) is 9.47 Å². The van der Waals surface area contributed by atoms with Gasteiger partial charge in [0.25, 0.3) is 10.0 Å². The first-order chi connectivity index (χ1) is 18.1. The summed E-state index contributed by atoms with van der Waals surface area (Å²) in [4.78, 5) is 20.1. The molecule has 0 bridgehead atoms. The fraction of sp³-hybridized carbons (Fsp3) is 0.269. The summed E-state index contributed by atoms with van der Waals surface area (Å²) in [5.74, 6) is -0.773. The molecule has 0 spiro atoms. The number of pyridine rings is 1. The standard InChI is InChI=1S/C26H27N3O7S2.Na.H/c1-17-9-10-19(25(30)31)15-24(17)38(33,34)29-22-8-5-4-7-20(22)28-26(29)37(32)16-21-18(2)23(11-12-27-21)36-14-6-13-35-3;;/h4-5,7-12,15H,6,13-14,16H2,1-3H3,(H,30,31);;. The quantitative estimate of drug-likeness (QED) is 0.161. The molecule has 1 atom stereocenters. The van der Waals surface area contributed by atoms with Crippen LogP contribution in [0.5, 0.6) is 5.75 Å². The molecule has 0 radical (unpaired) electrons. The third-order valence-electron chi connectivity index (χ3n) is 5.92. The minimum absolute atomic E-state index is 0. The number of aromatic carboxylic acids is 1. The van der Waals surface area contributed by atoms with Gasteiger partial charge in [-0.15, -0.1) is 0 Å².